The number of methoxy groups -OCH3 is 1. The minimum absolute atomic E-state index is 0.0910. The van der Waals surface area contributed by atoms with Crippen LogP contribution in [-0.4, -0.2) is 26.1 Å². The maximum Gasteiger partial charge on any atom is 0.224 e. The Bertz CT molecular complexity index is 441. The van der Waals surface area contributed by atoms with Crippen LogP contribution in [0.25, 0.3) is 10.4 Å². The van der Waals surface area contributed by atoms with Crippen LogP contribution >= 0.6 is 0 Å². The number of carbonyl (C=O) groups is 1. The zero-order valence-corrected chi connectivity index (χ0v) is 10.3. The summed E-state index contributed by atoms with van der Waals surface area (Å²) in [5.41, 5.74) is 10.0. The first-order valence-electron chi connectivity index (χ1n) is 5.61. The van der Waals surface area contributed by atoms with Crippen molar-refractivity contribution in [3.05, 3.63) is 45.8 Å². The van der Waals surface area contributed by atoms with Gasteiger partial charge in [0.05, 0.1) is 13.0 Å². The molecule has 1 N–H and O–H groups in total. The topological polar surface area (TPSA) is 87.1 Å². The highest BCUT2D eigenvalue weighted by molar-refractivity contribution is 5.78. The first-order valence-corrected chi connectivity index (χ1v) is 5.61. The molecule has 0 saturated heterocycles. The minimum atomic E-state index is -0.0910. The van der Waals surface area contributed by atoms with E-state index >= 15 is 0 Å². The molecular formula is C12H16N4O2. The zero-order chi connectivity index (χ0) is 13.2. The lowest BCUT2D eigenvalue weighted by molar-refractivity contribution is -0.120. The van der Waals surface area contributed by atoms with Gasteiger partial charge < -0.3 is 10.1 Å². The molecule has 0 radical (unpaired) electrons. The summed E-state index contributed by atoms with van der Waals surface area (Å²) in [5, 5.41) is 6.03. The Labute approximate surface area is 106 Å². The lowest BCUT2D eigenvalue weighted by Crippen LogP contribution is -2.27. The van der Waals surface area contributed by atoms with E-state index in [2.05, 4.69) is 15.3 Å². The van der Waals surface area contributed by atoms with Crippen molar-refractivity contribution in [3.63, 3.8) is 0 Å². The third-order valence-electron chi connectivity index (χ3n) is 2.37. The van der Waals surface area contributed by atoms with Gasteiger partial charge in [0.1, 0.15) is 0 Å². The lowest BCUT2D eigenvalue weighted by Gasteiger charge is -2.08. The number of rotatable bonds is 7. The number of hydrogen-bond acceptors (Lipinski definition) is 3. The largest absolute Gasteiger partial charge is 0.380 e. The van der Waals surface area contributed by atoms with E-state index in [1.165, 1.54) is 0 Å². The van der Waals surface area contributed by atoms with E-state index in [0.29, 0.717) is 19.6 Å². The Kier molecular flexibility index (Phi) is 6.32. The maximum absolute atomic E-state index is 11.6. The van der Waals surface area contributed by atoms with Gasteiger partial charge in [0.2, 0.25) is 5.91 Å². The van der Waals surface area contributed by atoms with Gasteiger partial charge in [0.15, 0.2) is 0 Å². The SMILES string of the molecule is COCc1ccccc1CC(=O)NCCN=[N+]=[N-]. The molecule has 0 bridgehead atoms. The molecule has 0 unspecified atom stereocenters. The van der Waals surface area contributed by atoms with Gasteiger partial charge in [0.25, 0.3) is 0 Å². The van der Waals surface area contributed by atoms with E-state index in [0.717, 1.165) is 11.1 Å². The van der Waals surface area contributed by atoms with E-state index < -0.39 is 0 Å². The van der Waals surface area contributed by atoms with Crippen molar-refractivity contribution in [2.24, 2.45) is 5.11 Å². The molecule has 0 fully saturated rings. The van der Waals surface area contributed by atoms with E-state index in [1.807, 2.05) is 24.3 Å². The highest BCUT2D eigenvalue weighted by atomic mass is 16.5. The molecule has 0 aromatic heterocycles. The third-order valence-corrected chi connectivity index (χ3v) is 2.37. The molecule has 96 valence electrons. The highest BCUT2D eigenvalue weighted by Crippen LogP contribution is 2.10. The van der Waals surface area contributed by atoms with Gasteiger partial charge in [-0.15, -0.1) is 0 Å². The number of nitrogens with zero attached hydrogens (tertiary/aromatic N) is 3. The van der Waals surface area contributed by atoms with Gasteiger partial charge in [-0.25, -0.2) is 0 Å². The van der Waals surface area contributed by atoms with E-state index in [1.54, 1.807) is 7.11 Å². The van der Waals surface area contributed by atoms with Crippen LogP contribution in [0.15, 0.2) is 29.4 Å². The molecule has 1 amide bonds. The van der Waals surface area contributed by atoms with Gasteiger partial charge in [-0.3, -0.25) is 4.79 Å². The van der Waals surface area contributed by atoms with Crippen LogP contribution in [-0.2, 0) is 22.6 Å². The van der Waals surface area contributed by atoms with Gasteiger partial charge in [-0.05, 0) is 16.7 Å². The Hall–Kier alpha value is -2.04. The van der Waals surface area contributed by atoms with E-state index in [4.69, 9.17) is 10.3 Å². The fourth-order valence-corrected chi connectivity index (χ4v) is 1.55. The Balaban J connectivity index is 2.50. The summed E-state index contributed by atoms with van der Waals surface area (Å²) in [6, 6.07) is 7.65. The lowest BCUT2D eigenvalue weighted by atomic mass is 10.0. The smallest absolute Gasteiger partial charge is 0.224 e. The number of amides is 1. The first-order chi connectivity index (χ1) is 8.77. The molecule has 1 aromatic carbocycles. The van der Waals surface area contributed by atoms with Crippen molar-refractivity contribution >= 4 is 5.91 Å². The fourth-order valence-electron chi connectivity index (χ4n) is 1.55. The van der Waals surface area contributed by atoms with Crippen LogP contribution in [0.4, 0.5) is 0 Å². The molecule has 6 nitrogen and oxygen atoms in total. The Morgan fingerprint density at radius 3 is 2.83 bits per heavy atom. The van der Waals surface area contributed by atoms with Crippen molar-refractivity contribution in [2.75, 3.05) is 20.2 Å². The van der Waals surface area contributed by atoms with E-state index in [9.17, 15) is 4.79 Å². The Morgan fingerprint density at radius 1 is 1.44 bits per heavy atom. The normalized spacial score (nSPS) is 9.61. The minimum Gasteiger partial charge on any atom is -0.380 e. The summed E-state index contributed by atoms with van der Waals surface area (Å²) in [4.78, 5) is 14.3. The van der Waals surface area contributed by atoms with Crippen LogP contribution in [0.1, 0.15) is 11.1 Å². The number of hydrogen-bond donors (Lipinski definition) is 1. The predicted octanol–water partition coefficient (Wildman–Crippen LogP) is 1.80. The molecule has 18 heavy (non-hydrogen) atoms. The summed E-state index contributed by atoms with van der Waals surface area (Å²) in [5.74, 6) is -0.0910. The summed E-state index contributed by atoms with van der Waals surface area (Å²) in [7, 11) is 1.62. The molecule has 0 heterocycles. The third kappa shape index (κ3) is 4.86. The van der Waals surface area contributed by atoms with Crippen LogP contribution in [0.2, 0.25) is 0 Å². The summed E-state index contributed by atoms with van der Waals surface area (Å²) in [6.45, 7) is 1.11. The number of azide groups is 1. The second-order valence-electron chi connectivity index (χ2n) is 3.68. The van der Waals surface area contributed by atoms with Crippen molar-refractivity contribution in [3.8, 4) is 0 Å². The van der Waals surface area contributed by atoms with Crippen LogP contribution in [0.3, 0.4) is 0 Å². The van der Waals surface area contributed by atoms with Gasteiger partial charge in [0, 0.05) is 25.1 Å². The van der Waals surface area contributed by atoms with Crippen molar-refractivity contribution < 1.29 is 9.53 Å². The average molecular weight is 248 g/mol. The molecule has 6 heteroatoms. The van der Waals surface area contributed by atoms with Crippen molar-refractivity contribution in [1.29, 1.82) is 0 Å². The van der Waals surface area contributed by atoms with Crippen molar-refractivity contribution in [1.82, 2.24) is 5.32 Å². The molecule has 0 atom stereocenters. The molecule has 1 rings (SSSR count). The first kappa shape index (κ1) is 14.0. The number of nitrogens with one attached hydrogen (secondary N) is 1. The summed E-state index contributed by atoms with van der Waals surface area (Å²) < 4.78 is 5.08. The molecule has 0 aliphatic carbocycles. The van der Waals surface area contributed by atoms with Gasteiger partial charge in [-0.2, -0.15) is 0 Å². The monoisotopic (exact) mass is 248 g/mol. The van der Waals surface area contributed by atoms with Gasteiger partial charge in [-0.1, -0.05) is 29.4 Å². The molecule has 0 saturated carbocycles. The fraction of sp³-hybridized carbons (Fsp3) is 0.417. The molecular weight excluding hydrogens is 232 g/mol. The highest BCUT2D eigenvalue weighted by Gasteiger charge is 2.06. The summed E-state index contributed by atoms with van der Waals surface area (Å²) >= 11 is 0. The van der Waals surface area contributed by atoms with Crippen LogP contribution in [0, 0.1) is 0 Å². The van der Waals surface area contributed by atoms with Crippen molar-refractivity contribution in [2.45, 2.75) is 13.0 Å². The standard InChI is InChI=1S/C12H16N4O2/c1-18-9-11-5-3-2-4-10(11)8-12(17)14-6-7-15-16-13/h2-5H,6-9H2,1H3,(H,14,17). The molecule has 0 aliphatic rings. The number of ether oxygens (including phenoxy) is 1. The molecule has 1 aromatic rings. The predicted molar refractivity (Wildman–Crippen MR) is 67.9 cm³/mol. The second kappa shape index (κ2) is 8.11. The number of carbonyl (C=O) groups excluding carboxylic acids is 1. The number of benzene rings is 1. The molecule has 0 aliphatic heterocycles. The molecule has 0 spiro atoms. The quantitative estimate of drug-likeness (QED) is 0.345. The Morgan fingerprint density at radius 2 is 2.17 bits per heavy atom. The van der Waals surface area contributed by atoms with Crippen LogP contribution in [0.5, 0.6) is 0 Å². The summed E-state index contributed by atoms with van der Waals surface area (Å²) in [6.07, 6.45) is 0.301. The van der Waals surface area contributed by atoms with E-state index in [-0.39, 0.29) is 12.5 Å². The van der Waals surface area contributed by atoms with Crippen LogP contribution < -0.4 is 5.32 Å². The maximum atomic E-state index is 11.6. The average Bonchev–Trinajstić information content (AvgIpc) is 2.37. The second-order valence-corrected chi connectivity index (χ2v) is 3.68. The zero-order valence-electron chi connectivity index (χ0n) is 10.3. The van der Waals surface area contributed by atoms with Gasteiger partial charge >= 0.3 is 0 Å².